The average Bonchev–Trinajstić information content (AvgIpc) is 3.42. The first-order chi connectivity index (χ1) is 21.7. The van der Waals surface area contributed by atoms with Crippen LogP contribution >= 0.6 is 0 Å². The van der Waals surface area contributed by atoms with Crippen LogP contribution < -0.4 is 4.90 Å². The molecule has 0 bridgehead atoms. The van der Waals surface area contributed by atoms with Crippen LogP contribution in [0.5, 0.6) is 0 Å². The van der Waals surface area contributed by atoms with E-state index in [-0.39, 0.29) is 29.7 Å². The van der Waals surface area contributed by atoms with Gasteiger partial charge in [0, 0.05) is 44.0 Å². The highest BCUT2D eigenvalue weighted by molar-refractivity contribution is 7.89. The van der Waals surface area contributed by atoms with Crippen molar-refractivity contribution in [1.29, 1.82) is 0 Å². The summed E-state index contributed by atoms with van der Waals surface area (Å²) >= 11 is 0. The smallest absolute Gasteiger partial charge is 0.452 e. The maximum atomic E-state index is 14.2. The van der Waals surface area contributed by atoms with Gasteiger partial charge in [-0.15, -0.1) is 10.2 Å². The third kappa shape index (κ3) is 5.51. The first-order valence-electron chi connectivity index (χ1n) is 15.2. The third-order valence-electron chi connectivity index (χ3n) is 9.33. The van der Waals surface area contributed by atoms with Crippen molar-refractivity contribution in [1.82, 2.24) is 23.9 Å². The Labute approximate surface area is 264 Å². The number of anilines is 1. The first kappa shape index (κ1) is 31.9. The highest BCUT2D eigenvalue weighted by Crippen LogP contribution is 2.39. The normalized spacial score (nSPS) is 19.7. The van der Waals surface area contributed by atoms with Gasteiger partial charge in [0.2, 0.25) is 15.8 Å². The number of sulfonamides is 1. The van der Waals surface area contributed by atoms with Crippen molar-refractivity contribution in [2.75, 3.05) is 18.0 Å². The van der Waals surface area contributed by atoms with Crippen molar-refractivity contribution >= 4 is 27.5 Å². The molecular weight excluding hydrogens is 621 g/mol. The number of nitrogens with zero attached hydrogens (tertiary/aromatic N) is 6. The summed E-state index contributed by atoms with van der Waals surface area (Å²) in [5.41, 5.74) is 3.72. The summed E-state index contributed by atoms with van der Waals surface area (Å²) in [5, 5.41) is 17.2. The fourth-order valence-electron chi connectivity index (χ4n) is 6.78. The van der Waals surface area contributed by atoms with Gasteiger partial charge in [-0.2, -0.15) is 17.5 Å². The summed E-state index contributed by atoms with van der Waals surface area (Å²) in [7, 11) is -3.95. The van der Waals surface area contributed by atoms with Gasteiger partial charge in [0.25, 0.3) is 0 Å². The fraction of sp³-hybridized carbons (Fsp3) is 0.438. The summed E-state index contributed by atoms with van der Waals surface area (Å²) in [5.74, 6) is -3.52. The predicted molar refractivity (Wildman–Crippen MR) is 164 cm³/mol. The molecule has 0 amide bonds. The zero-order valence-electron chi connectivity index (χ0n) is 25.9. The number of fused-ring (bicyclic) bond motifs is 4. The molecule has 0 radical (unpaired) electrons. The van der Waals surface area contributed by atoms with E-state index in [4.69, 9.17) is 0 Å². The SMILES string of the molecule is Cc1cnc2c(c1)S(=O)(=O)N(Cc1cc(C(c3ccn4c(C(F)(F)F)nnc4c3C)[C@H](C)C(=O)O)ccc1C)C[C@@H]1CCCCN21. The number of pyridine rings is 2. The van der Waals surface area contributed by atoms with E-state index in [1.807, 2.05) is 26.0 Å². The lowest BCUT2D eigenvalue weighted by Crippen LogP contribution is -2.45. The van der Waals surface area contributed by atoms with Gasteiger partial charge < -0.3 is 10.0 Å². The number of carboxylic acids is 1. The summed E-state index contributed by atoms with van der Waals surface area (Å²) in [4.78, 5) is 19.2. The van der Waals surface area contributed by atoms with Crippen LogP contribution in [0.3, 0.4) is 0 Å². The van der Waals surface area contributed by atoms with E-state index >= 15 is 0 Å². The Morgan fingerprint density at radius 3 is 2.59 bits per heavy atom. The highest BCUT2D eigenvalue weighted by Gasteiger charge is 2.40. The van der Waals surface area contributed by atoms with Gasteiger partial charge in [0.05, 0.1) is 5.92 Å². The van der Waals surface area contributed by atoms with Crippen LogP contribution in [-0.4, -0.2) is 62.5 Å². The van der Waals surface area contributed by atoms with E-state index in [0.29, 0.717) is 28.1 Å². The van der Waals surface area contributed by atoms with Gasteiger partial charge in [0.15, 0.2) is 5.65 Å². The second-order valence-corrected chi connectivity index (χ2v) is 14.3. The van der Waals surface area contributed by atoms with E-state index < -0.39 is 39.8 Å². The highest BCUT2D eigenvalue weighted by atomic mass is 32.2. The number of hydrogen-bond donors (Lipinski definition) is 1. The van der Waals surface area contributed by atoms with E-state index in [2.05, 4.69) is 20.1 Å². The second-order valence-electron chi connectivity index (χ2n) is 12.4. The molecule has 46 heavy (non-hydrogen) atoms. The Balaban J connectivity index is 1.43. The lowest BCUT2D eigenvalue weighted by atomic mass is 9.79. The minimum Gasteiger partial charge on any atom is -0.481 e. The molecule has 3 aromatic heterocycles. The molecule has 2 aliphatic heterocycles. The Bertz CT molecular complexity index is 1940. The number of aromatic nitrogens is 4. The molecule has 1 aromatic carbocycles. The number of carboxylic acid groups (broad SMARTS) is 1. The van der Waals surface area contributed by atoms with Crippen molar-refractivity contribution < 1.29 is 31.5 Å². The van der Waals surface area contributed by atoms with Gasteiger partial charge in [-0.25, -0.2) is 13.4 Å². The number of alkyl halides is 3. The van der Waals surface area contributed by atoms with Crippen molar-refractivity contribution in [2.24, 2.45) is 5.92 Å². The van der Waals surface area contributed by atoms with Crippen LogP contribution in [0.25, 0.3) is 5.65 Å². The number of carbonyl (C=O) groups is 1. The van der Waals surface area contributed by atoms with Crippen LogP contribution in [0, 0.1) is 26.7 Å². The quantitative estimate of drug-likeness (QED) is 0.290. The van der Waals surface area contributed by atoms with Crippen LogP contribution in [0.2, 0.25) is 0 Å². The van der Waals surface area contributed by atoms with Gasteiger partial charge in [-0.05, 0) is 85.5 Å². The largest absolute Gasteiger partial charge is 0.481 e. The number of aryl methyl sites for hydroxylation is 3. The summed E-state index contributed by atoms with van der Waals surface area (Å²) in [6.07, 6.45) is 0.955. The summed E-state index contributed by atoms with van der Waals surface area (Å²) in [6, 6.07) is 8.55. The monoisotopic (exact) mass is 656 g/mol. The molecule has 14 heteroatoms. The zero-order chi connectivity index (χ0) is 33.1. The Hall–Kier alpha value is -4.04. The van der Waals surface area contributed by atoms with Crippen molar-refractivity contribution in [3.63, 3.8) is 0 Å². The Kier molecular flexibility index (Phi) is 8.08. The molecule has 10 nitrogen and oxygen atoms in total. The minimum absolute atomic E-state index is 0.0185. The number of halogens is 3. The zero-order valence-corrected chi connectivity index (χ0v) is 26.7. The molecule has 244 valence electrons. The Morgan fingerprint density at radius 2 is 1.87 bits per heavy atom. The first-order valence-corrected chi connectivity index (χ1v) is 16.6. The predicted octanol–water partition coefficient (Wildman–Crippen LogP) is 5.48. The fourth-order valence-corrected chi connectivity index (χ4v) is 8.48. The maximum Gasteiger partial charge on any atom is 0.452 e. The molecule has 1 N–H and O–H groups in total. The number of rotatable bonds is 6. The molecule has 0 aliphatic carbocycles. The molecular formula is C32H35F3N6O4S. The summed E-state index contributed by atoms with van der Waals surface area (Å²) in [6.45, 7) is 7.89. The number of aliphatic carboxylic acids is 1. The molecule has 0 spiro atoms. The molecule has 5 heterocycles. The van der Waals surface area contributed by atoms with E-state index in [0.717, 1.165) is 41.3 Å². The van der Waals surface area contributed by atoms with E-state index in [1.165, 1.54) is 16.6 Å². The van der Waals surface area contributed by atoms with E-state index in [1.54, 1.807) is 32.2 Å². The van der Waals surface area contributed by atoms with Gasteiger partial charge in [-0.1, -0.05) is 25.1 Å². The summed E-state index contributed by atoms with van der Waals surface area (Å²) < 4.78 is 71.4. The molecule has 3 atom stereocenters. The molecule has 6 rings (SSSR count). The van der Waals surface area contributed by atoms with E-state index in [9.17, 15) is 31.5 Å². The number of piperidine rings is 1. The van der Waals surface area contributed by atoms with Crippen LogP contribution in [0.4, 0.5) is 19.0 Å². The van der Waals surface area contributed by atoms with Crippen LogP contribution in [0.15, 0.2) is 47.6 Å². The van der Waals surface area contributed by atoms with Gasteiger partial charge >= 0.3 is 12.1 Å². The maximum absolute atomic E-state index is 14.2. The van der Waals surface area contributed by atoms with Crippen molar-refractivity contribution in [3.05, 3.63) is 81.9 Å². The van der Waals surface area contributed by atoms with Crippen molar-refractivity contribution in [3.8, 4) is 0 Å². The lowest BCUT2D eigenvalue weighted by Gasteiger charge is -2.36. The third-order valence-corrected chi connectivity index (χ3v) is 11.1. The molecule has 1 fully saturated rings. The Morgan fingerprint density at radius 1 is 1.11 bits per heavy atom. The topological polar surface area (TPSA) is 121 Å². The van der Waals surface area contributed by atoms with Crippen LogP contribution in [-0.2, 0) is 27.5 Å². The second kappa shape index (κ2) is 11.6. The van der Waals surface area contributed by atoms with Crippen LogP contribution in [0.1, 0.15) is 71.3 Å². The lowest BCUT2D eigenvalue weighted by molar-refractivity contribution is -0.145. The average molecular weight is 657 g/mol. The number of benzene rings is 1. The molecule has 1 unspecified atom stereocenters. The minimum atomic E-state index is -4.72. The standard InChI is InChI=1S/C32H35F3N6O4S/c1-18-13-26-29(36-15-18)40-11-6-5-7-24(40)17-39(46(26,44)45)16-23-14-22(9-8-19(23)2)27(21(4)30(42)43)25-10-12-41-28(20(25)3)37-38-31(41)32(33,34)35/h8-10,12-15,21,24,27H,5-7,11,16-17H2,1-4H3,(H,42,43)/t21-,24-,27?/m0/s1. The van der Waals surface area contributed by atoms with Gasteiger partial charge in [0.1, 0.15) is 10.7 Å². The number of hydrogen-bond acceptors (Lipinski definition) is 7. The van der Waals surface area contributed by atoms with Crippen molar-refractivity contribution in [2.45, 2.75) is 76.5 Å². The molecule has 4 aromatic rings. The molecule has 1 saturated heterocycles. The van der Waals surface area contributed by atoms with Gasteiger partial charge in [-0.3, -0.25) is 9.20 Å². The molecule has 2 aliphatic rings. The molecule has 0 saturated carbocycles.